The lowest BCUT2D eigenvalue weighted by Gasteiger charge is -2.38. The van der Waals surface area contributed by atoms with Gasteiger partial charge in [0.15, 0.2) is 16.6 Å². The van der Waals surface area contributed by atoms with Crippen LogP contribution in [0.3, 0.4) is 0 Å². The predicted molar refractivity (Wildman–Crippen MR) is 138 cm³/mol. The van der Waals surface area contributed by atoms with E-state index >= 15 is 0 Å². The van der Waals surface area contributed by atoms with E-state index in [9.17, 15) is 5.11 Å². The summed E-state index contributed by atoms with van der Waals surface area (Å²) in [5.74, 6) is 0.201. The maximum Gasteiger partial charge on any atom is 0.192 e. The zero-order chi connectivity index (χ0) is 24.4. The smallest absolute Gasteiger partial charge is 0.192 e. The summed E-state index contributed by atoms with van der Waals surface area (Å²) in [6.07, 6.45) is -0.0772. The van der Waals surface area contributed by atoms with Crippen molar-refractivity contribution in [3.8, 4) is 0 Å². The first-order valence-electron chi connectivity index (χ1n) is 12.0. The molecule has 1 aliphatic heterocycles. The Kier molecular flexibility index (Phi) is 8.98. The molecule has 3 atom stereocenters. The Labute approximate surface area is 198 Å². The molecule has 1 saturated heterocycles. The molecule has 1 aromatic carbocycles. The molecule has 32 heavy (non-hydrogen) atoms. The topological polar surface area (TPSA) is 51.2 Å². The highest BCUT2D eigenvalue weighted by atomic mass is 28.4. The average Bonchev–Trinajstić information content (AvgIpc) is 3.07. The molecule has 0 saturated carbocycles. The summed E-state index contributed by atoms with van der Waals surface area (Å²) in [5, 5.41) is 12.4. The second-order valence-electron chi connectivity index (χ2n) is 12.3. The number of rotatable bonds is 9. The first-order chi connectivity index (χ1) is 14.6. The van der Waals surface area contributed by atoms with Crippen LogP contribution in [0.2, 0.25) is 36.3 Å². The first-order valence-corrected chi connectivity index (χ1v) is 17.8. The van der Waals surface area contributed by atoms with Crippen LogP contribution in [-0.2, 0) is 13.7 Å². The summed E-state index contributed by atoms with van der Waals surface area (Å²) >= 11 is 0. The summed E-state index contributed by atoms with van der Waals surface area (Å²) in [6.45, 7) is 24.7. The standard InChI is InChI=1S/C25H47NO4Si2/c1-24(2,3)31(7,8)28-18-21-16-26(22(17-27)20-14-12-11-13-15-20)30-23(21)19-29-32(9,10)25(4,5)6/h11-15,21-23,27H,16-19H2,1-10H3/t21-,22-,23+/m0/s1. The van der Waals surface area contributed by atoms with Gasteiger partial charge in [0.25, 0.3) is 0 Å². The molecule has 0 aliphatic carbocycles. The van der Waals surface area contributed by atoms with Crippen LogP contribution in [0.5, 0.6) is 0 Å². The summed E-state index contributed by atoms with van der Waals surface area (Å²) < 4.78 is 13.2. The highest BCUT2D eigenvalue weighted by Crippen LogP contribution is 2.40. The molecule has 0 unspecified atom stereocenters. The zero-order valence-corrected chi connectivity index (χ0v) is 24.1. The molecule has 0 radical (unpaired) electrons. The van der Waals surface area contributed by atoms with E-state index in [0.29, 0.717) is 13.2 Å². The fourth-order valence-electron chi connectivity index (χ4n) is 3.26. The minimum Gasteiger partial charge on any atom is -0.416 e. The third-order valence-electron chi connectivity index (χ3n) is 7.80. The van der Waals surface area contributed by atoms with Gasteiger partial charge < -0.3 is 14.0 Å². The molecule has 1 aromatic rings. The van der Waals surface area contributed by atoms with Crippen molar-refractivity contribution >= 4 is 16.6 Å². The number of aliphatic hydroxyl groups is 1. The lowest BCUT2D eigenvalue weighted by molar-refractivity contribution is -0.189. The van der Waals surface area contributed by atoms with Crippen LogP contribution in [0, 0.1) is 5.92 Å². The van der Waals surface area contributed by atoms with E-state index in [1.165, 1.54) is 0 Å². The fourth-order valence-corrected chi connectivity index (χ4v) is 5.33. The monoisotopic (exact) mass is 481 g/mol. The summed E-state index contributed by atoms with van der Waals surface area (Å²) in [7, 11) is -3.76. The molecule has 1 heterocycles. The zero-order valence-electron chi connectivity index (χ0n) is 22.1. The van der Waals surface area contributed by atoms with E-state index in [1.807, 2.05) is 35.4 Å². The largest absolute Gasteiger partial charge is 0.416 e. The minimum atomic E-state index is -1.89. The van der Waals surface area contributed by atoms with Crippen molar-refractivity contribution in [1.82, 2.24) is 5.06 Å². The van der Waals surface area contributed by atoms with Crippen LogP contribution in [-0.4, -0.2) is 59.3 Å². The van der Waals surface area contributed by atoms with E-state index in [2.05, 4.69) is 67.7 Å². The van der Waals surface area contributed by atoms with Gasteiger partial charge >= 0.3 is 0 Å². The molecule has 5 nitrogen and oxygen atoms in total. The molecule has 1 fully saturated rings. The molecule has 0 aromatic heterocycles. The van der Waals surface area contributed by atoms with Gasteiger partial charge in [-0.05, 0) is 41.8 Å². The van der Waals surface area contributed by atoms with Crippen molar-refractivity contribution in [1.29, 1.82) is 0 Å². The molecule has 7 heteroatoms. The normalized spacial score (nSPS) is 22.3. The SMILES string of the molecule is CC(C)(C)[Si](C)(C)OC[C@@H]1CN([C@@H](CO)c2ccccc2)O[C@@H]1CO[Si](C)(C)C(C)(C)C. The van der Waals surface area contributed by atoms with Gasteiger partial charge in [-0.15, -0.1) is 0 Å². The fraction of sp³-hybridized carbons (Fsp3) is 0.760. The molecular weight excluding hydrogens is 434 g/mol. The lowest BCUT2D eigenvalue weighted by atomic mass is 10.0. The van der Waals surface area contributed by atoms with Crippen molar-refractivity contribution in [2.24, 2.45) is 5.92 Å². The first kappa shape index (κ1) is 27.7. The molecule has 0 spiro atoms. The molecule has 2 rings (SSSR count). The van der Waals surface area contributed by atoms with Gasteiger partial charge in [-0.2, -0.15) is 5.06 Å². The Morgan fingerprint density at radius 3 is 1.91 bits per heavy atom. The molecule has 0 amide bonds. The number of hydrogen-bond acceptors (Lipinski definition) is 5. The van der Waals surface area contributed by atoms with E-state index in [-0.39, 0.29) is 34.7 Å². The van der Waals surface area contributed by atoms with Crippen LogP contribution >= 0.6 is 0 Å². The quantitative estimate of drug-likeness (QED) is 0.439. The Morgan fingerprint density at radius 2 is 1.44 bits per heavy atom. The van der Waals surface area contributed by atoms with Crippen molar-refractivity contribution in [3.05, 3.63) is 35.9 Å². The minimum absolute atomic E-state index is 0.00956. The third kappa shape index (κ3) is 6.75. The van der Waals surface area contributed by atoms with E-state index in [0.717, 1.165) is 12.1 Å². The Balaban J connectivity index is 2.18. The summed E-state index contributed by atoms with van der Waals surface area (Å²) in [4.78, 5) is 6.45. The molecule has 1 aliphatic rings. The molecule has 184 valence electrons. The maximum atomic E-state index is 10.2. The Morgan fingerprint density at radius 1 is 0.938 bits per heavy atom. The van der Waals surface area contributed by atoms with Crippen LogP contribution in [0.25, 0.3) is 0 Å². The number of nitrogens with zero attached hydrogens (tertiary/aromatic N) is 1. The van der Waals surface area contributed by atoms with Crippen molar-refractivity contribution < 1.29 is 18.8 Å². The van der Waals surface area contributed by atoms with Gasteiger partial charge in [-0.1, -0.05) is 71.9 Å². The number of hydroxylamine groups is 2. The van der Waals surface area contributed by atoms with E-state index in [1.54, 1.807) is 0 Å². The summed E-state index contributed by atoms with van der Waals surface area (Å²) in [6, 6.07) is 9.91. The molecule has 0 bridgehead atoms. The Bertz CT molecular complexity index is 675. The Hall–Kier alpha value is -0.546. The van der Waals surface area contributed by atoms with Gasteiger partial charge in [0.2, 0.25) is 0 Å². The highest BCUT2D eigenvalue weighted by Gasteiger charge is 2.44. The number of hydrogen-bond donors (Lipinski definition) is 1. The van der Waals surface area contributed by atoms with Crippen LogP contribution in [0.15, 0.2) is 30.3 Å². The average molecular weight is 482 g/mol. The van der Waals surface area contributed by atoms with Gasteiger partial charge in [-0.25, -0.2) is 0 Å². The van der Waals surface area contributed by atoms with Crippen LogP contribution < -0.4 is 0 Å². The number of benzene rings is 1. The lowest BCUT2D eigenvalue weighted by Crippen LogP contribution is -2.45. The van der Waals surface area contributed by atoms with Crippen molar-refractivity contribution in [2.45, 2.75) is 90.0 Å². The molecule has 1 N–H and O–H groups in total. The van der Waals surface area contributed by atoms with Gasteiger partial charge in [0.1, 0.15) is 6.10 Å². The highest BCUT2D eigenvalue weighted by molar-refractivity contribution is 6.74. The second kappa shape index (κ2) is 10.4. The van der Waals surface area contributed by atoms with Crippen LogP contribution in [0.1, 0.15) is 53.1 Å². The van der Waals surface area contributed by atoms with Crippen molar-refractivity contribution in [3.63, 3.8) is 0 Å². The van der Waals surface area contributed by atoms with E-state index in [4.69, 9.17) is 13.7 Å². The van der Waals surface area contributed by atoms with Gasteiger partial charge in [-0.3, -0.25) is 4.84 Å². The van der Waals surface area contributed by atoms with Crippen LogP contribution in [0.4, 0.5) is 0 Å². The molecular formula is C25H47NO4Si2. The predicted octanol–water partition coefficient (Wildman–Crippen LogP) is 6.00. The third-order valence-corrected chi connectivity index (χ3v) is 16.8. The van der Waals surface area contributed by atoms with Gasteiger partial charge in [0.05, 0.1) is 19.3 Å². The summed E-state index contributed by atoms with van der Waals surface area (Å²) in [5.41, 5.74) is 1.06. The second-order valence-corrected chi connectivity index (χ2v) is 21.9. The maximum absolute atomic E-state index is 10.2. The number of aliphatic hydroxyl groups excluding tert-OH is 1. The van der Waals surface area contributed by atoms with Crippen molar-refractivity contribution in [2.75, 3.05) is 26.4 Å². The van der Waals surface area contributed by atoms with E-state index < -0.39 is 16.6 Å². The van der Waals surface area contributed by atoms with Gasteiger partial charge in [0, 0.05) is 19.1 Å².